The fourth-order valence-corrected chi connectivity index (χ4v) is 5.27. The van der Waals surface area contributed by atoms with Crippen molar-refractivity contribution in [2.24, 2.45) is 0 Å². The molecule has 3 nitrogen and oxygen atoms in total. The molecule has 0 spiro atoms. The lowest BCUT2D eigenvalue weighted by atomic mass is 10.0. The zero-order valence-corrected chi connectivity index (χ0v) is 18.0. The minimum atomic E-state index is -0.267. The highest BCUT2D eigenvalue weighted by atomic mass is 32.2. The average molecular weight is 445 g/mol. The third-order valence-electron chi connectivity index (χ3n) is 4.99. The number of H-pyrrole nitrogens is 1. The quantitative estimate of drug-likeness (QED) is 0.241. The molecule has 0 aliphatic heterocycles. The fourth-order valence-electron chi connectivity index (χ4n) is 3.46. The van der Waals surface area contributed by atoms with Crippen LogP contribution in [0.3, 0.4) is 0 Å². The summed E-state index contributed by atoms with van der Waals surface area (Å²) < 4.78 is 13.4. The Kier molecular flexibility index (Phi) is 5.40. The van der Waals surface area contributed by atoms with Crippen LogP contribution in [-0.4, -0.2) is 9.97 Å². The van der Waals surface area contributed by atoms with E-state index in [2.05, 4.69) is 34.2 Å². The van der Waals surface area contributed by atoms with E-state index >= 15 is 0 Å². The van der Waals surface area contributed by atoms with Crippen LogP contribution in [-0.2, 0) is 5.75 Å². The van der Waals surface area contributed by atoms with Gasteiger partial charge in [-0.2, -0.15) is 0 Å². The van der Waals surface area contributed by atoms with Gasteiger partial charge in [0, 0.05) is 16.7 Å². The Hall–Kier alpha value is -3.22. The highest BCUT2D eigenvalue weighted by molar-refractivity contribution is 7.98. The van der Waals surface area contributed by atoms with E-state index < -0.39 is 0 Å². The van der Waals surface area contributed by atoms with Gasteiger partial charge in [-0.25, -0.2) is 9.37 Å². The first-order chi connectivity index (χ1) is 15.2. The first-order valence-corrected chi connectivity index (χ1v) is 11.6. The van der Waals surface area contributed by atoms with Crippen molar-refractivity contribution in [1.29, 1.82) is 0 Å². The van der Waals surface area contributed by atoms with Crippen molar-refractivity contribution in [3.63, 3.8) is 0 Å². The third-order valence-corrected chi connectivity index (χ3v) is 6.81. The highest BCUT2D eigenvalue weighted by Crippen LogP contribution is 2.33. The molecular weight excluding hydrogens is 427 g/mol. The first kappa shape index (κ1) is 19.7. The summed E-state index contributed by atoms with van der Waals surface area (Å²) in [6, 6.07) is 24.8. The zero-order valence-electron chi connectivity index (χ0n) is 16.3. The number of hydrogen-bond acceptors (Lipinski definition) is 4. The minimum Gasteiger partial charge on any atom is -0.301 e. The van der Waals surface area contributed by atoms with Gasteiger partial charge in [0.15, 0.2) is 5.16 Å². The lowest BCUT2D eigenvalue weighted by Crippen LogP contribution is -2.08. The summed E-state index contributed by atoms with van der Waals surface area (Å²) in [5.41, 5.74) is 4.84. The van der Waals surface area contributed by atoms with Crippen LogP contribution in [0.25, 0.3) is 32.5 Å². The van der Waals surface area contributed by atoms with Crippen molar-refractivity contribution in [2.75, 3.05) is 0 Å². The molecule has 2 aromatic heterocycles. The molecule has 0 unspecified atom stereocenters. The number of nitrogens with zero attached hydrogens (tertiary/aromatic N) is 1. The van der Waals surface area contributed by atoms with Crippen LogP contribution in [0.5, 0.6) is 0 Å². The van der Waals surface area contributed by atoms with E-state index in [0.717, 1.165) is 27.8 Å². The number of hydrogen-bond donors (Lipinski definition) is 1. The summed E-state index contributed by atoms with van der Waals surface area (Å²) in [5, 5.41) is 3.12. The monoisotopic (exact) mass is 444 g/mol. The Labute approximate surface area is 186 Å². The Bertz CT molecular complexity index is 1410. The van der Waals surface area contributed by atoms with E-state index in [-0.39, 0.29) is 11.4 Å². The van der Waals surface area contributed by atoms with Gasteiger partial charge in [0.25, 0.3) is 5.56 Å². The molecule has 3 aromatic carbocycles. The number of aromatic amines is 1. The van der Waals surface area contributed by atoms with Crippen LogP contribution in [0.15, 0.2) is 94.2 Å². The van der Waals surface area contributed by atoms with Crippen LogP contribution >= 0.6 is 23.1 Å². The molecule has 0 aliphatic carbocycles. The fraction of sp³-hybridized carbons (Fsp3) is 0.0400. The van der Waals surface area contributed by atoms with E-state index in [4.69, 9.17) is 0 Å². The normalized spacial score (nSPS) is 11.1. The zero-order chi connectivity index (χ0) is 21.2. The van der Waals surface area contributed by atoms with Crippen molar-refractivity contribution < 1.29 is 4.39 Å². The Morgan fingerprint density at radius 3 is 2.42 bits per heavy atom. The van der Waals surface area contributed by atoms with Gasteiger partial charge in [0.2, 0.25) is 0 Å². The van der Waals surface area contributed by atoms with Crippen LogP contribution < -0.4 is 5.56 Å². The molecule has 0 atom stereocenters. The smallest absolute Gasteiger partial charge is 0.260 e. The van der Waals surface area contributed by atoms with Crippen molar-refractivity contribution in [3.8, 4) is 22.3 Å². The minimum absolute atomic E-state index is 0.157. The topological polar surface area (TPSA) is 45.8 Å². The average Bonchev–Trinajstić information content (AvgIpc) is 3.23. The van der Waals surface area contributed by atoms with Gasteiger partial charge in [0.1, 0.15) is 10.6 Å². The molecule has 0 radical (unpaired) electrons. The number of rotatable bonds is 5. The maximum Gasteiger partial charge on any atom is 0.260 e. The molecule has 0 amide bonds. The lowest BCUT2D eigenvalue weighted by Gasteiger charge is -2.05. The Morgan fingerprint density at radius 2 is 1.65 bits per heavy atom. The van der Waals surface area contributed by atoms with E-state index in [1.165, 1.54) is 35.2 Å². The summed E-state index contributed by atoms with van der Waals surface area (Å²) in [6.07, 6.45) is 0. The predicted octanol–water partition coefficient (Wildman–Crippen LogP) is 6.75. The summed E-state index contributed by atoms with van der Waals surface area (Å²) in [7, 11) is 0. The molecule has 5 rings (SSSR count). The number of nitrogens with one attached hydrogen (secondary N) is 1. The summed E-state index contributed by atoms with van der Waals surface area (Å²) in [4.78, 5) is 21.0. The van der Waals surface area contributed by atoms with Gasteiger partial charge >= 0.3 is 0 Å². The van der Waals surface area contributed by atoms with Gasteiger partial charge in [-0.3, -0.25) is 4.79 Å². The molecule has 5 aromatic rings. The number of thiophene rings is 1. The molecule has 0 bridgehead atoms. The third kappa shape index (κ3) is 4.17. The molecule has 2 heterocycles. The predicted molar refractivity (Wildman–Crippen MR) is 127 cm³/mol. The summed E-state index contributed by atoms with van der Waals surface area (Å²) >= 11 is 2.85. The first-order valence-electron chi connectivity index (χ1n) is 9.72. The van der Waals surface area contributed by atoms with Crippen molar-refractivity contribution in [1.82, 2.24) is 9.97 Å². The highest BCUT2D eigenvalue weighted by Gasteiger charge is 2.13. The Morgan fingerprint density at radius 1 is 0.903 bits per heavy atom. The van der Waals surface area contributed by atoms with E-state index in [0.29, 0.717) is 21.1 Å². The largest absolute Gasteiger partial charge is 0.301 e. The van der Waals surface area contributed by atoms with Crippen LogP contribution in [0.1, 0.15) is 5.56 Å². The number of benzene rings is 3. The molecule has 0 saturated carbocycles. The van der Waals surface area contributed by atoms with Crippen LogP contribution in [0.4, 0.5) is 4.39 Å². The van der Waals surface area contributed by atoms with Crippen LogP contribution in [0.2, 0.25) is 0 Å². The molecule has 0 saturated heterocycles. The molecule has 31 heavy (non-hydrogen) atoms. The van der Waals surface area contributed by atoms with Crippen molar-refractivity contribution >= 4 is 33.3 Å². The van der Waals surface area contributed by atoms with Gasteiger partial charge in [0.05, 0.1) is 5.39 Å². The maximum atomic E-state index is 13.4. The number of fused-ring (bicyclic) bond motifs is 1. The SMILES string of the molecule is O=c1[nH]c(SCc2cccc(F)c2)nc2scc(-c3ccc(-c4ccccc4)cc3)c12. The molecule has 0 aliphatic rings. The van der Waals surface area contributed by atoms with E-state index in [9.17, 15) is 9.18 Å². The second kappa shape index (κ2) is 8.49. The van der Waals surface area contributed by atoms with E-state index in [1.807, 2.05) is 41.8 Å². The number of aromatic nitrogens is 2. The van der Waals surface area contributed by atoms with Crippen molar-refractivity contribution in [3.05, 3.63) is 106 Å². The van der Waals surface area contributed by atoms with Gasteiger partial charge in [-0.05, 0) is 34.4 Å². The van der Waals surface area contributed by atoms with Crippen molar-refractivity contribution in [2.45, 2.75) is 10.9 Å². The van der Waals surface area contributed by atoms with Crippen LogP contribution in [0, 0.1) is 5.82 Å². The second-order valence-corrected chi connectivity index (χ2v) is 8.88. The second-order valence-electron chi connectivity index (χ2n) is 7.06. The number of halogens is 1. The molecule has 152 valence electrons. The number of thioether (sulfide) groups is 1. The lowest BCUT2D eigenvalue weighted by molar-refractivity contribution is 0.626. The molecule has 0 fully saturated rings. The summed E-state index contributed by atoms with van der Waals surface area (Å²) in [6.45, 7) is 0. The van der Waals surface area contributed by atoms with Gasteiger partial charge in [-0.1, -0.05) is 78.5 Å². The Balaban J connectivity index is 1.43. The van der Waals surface area contributed by atoms with Gasteiger partial charge in [-0.15, -0.1) is 11.3 Å². The standard InChI is InChI=1S/C25H17FN2OS2/c26-20-8-4-5-16(13-20)14-31-25-27-23(29)22-21(15-30-24(22)28-25)19-11-9-18(10-12-19)17-6-2-1-3-7-17/h1-13,15H,14H2,(H,27,28,29). The molecule has 1 N–H and O–H groups in total. The maximum absolute atomic E-state index is 13.4. The van der Waals surface area contributed by atoms with E-state index in [1.54, 1.807) is 6.07 Å². The van der Waals surface area contributed by atoms with Gasteiger partial charge < -0.3 is 4.98 Å². The molecular formula is C25H17FN2OS2. The summed E-state index contributed by atoms with van der Waals surface area (Å²) in [5.74, 6) is 0.266. The molecule has 6 heteroatoms.